The molecule has 0 aromatic carbocycles. The minimum Gasteiger partial charge on any atom is -0.383 e. The summed E-state index contributed by atoms with van der Waals surface area (Å²) in [6.45, 7) is 2.65. The van der Waals surface area contributed by atoms with Crippen molar-refractivity contribution in [2.75, 3.05) is 6.61 Å². The summed E-state index contributed by atoms with van der Waals surface area (Å²) in [5.74, 6) is -0.744. The van der Waals surface area contributed by atoms with Crippen LogP contribution in [0.2, 0.25) is 0 Å². The number of aliphatic hydroxyl groups is 1. The van der Waals surface area contributed by atoms with Crippen molar-refractivity contribution >= 4 is 0 Å². The van der Waals surface area contributed by atoms with Crippen LogP contribution >= 0.6 is 0 Å². The fraction of sp³-hybridized carbons (Fsp3) is 0.800. The van der Waals surface area contributed by atoms with Gasteiger partial charge in [0.1, 0.15) is 6.10 Å². The Bertz CT molecular complexity index is 206. The fourth-order valence-electron chi connectivity index (χ4n) is 1.95. The Morgan fingerprint density at radius 1 is 1.38 bits per heavy atom. The Hall–Kier alpha value is -0.380. The Kier molecular flexibility index (Phi) is 2.41. The maximum absolute atomic E-state index is 9.77. The zero-order valence-electron chi connectivity index (χ0n) is 7.90. The lowest BCUT2D eigenvalue weighted by Gasteiger charge is -2.43. The molecule has 1 fully saturated rings. The van der Waals surface area contributed by atoms with Crippen LogP contribution in [-0.4, -0.2) is 29.7 Å². The van der Waals surface area contributed by atoms with E-state index in [-0.39, 0.29) is 6.10 Å². The van der Waals surface area contributed by atoms with E-state index in [9.17, 15) is 5.11 Å². The molecule has 3 heteroatoms. The molecule has 13 heavy (non-hydrogen) atoms. The Morgan fingerprint density at radius 2 is 2.23 bits per heavy atom. The van der Waals surface area contributed by atoms with E-state index in [4.69, 9.17) is 9.47 Å². The molecule has 0 bridgehead atoms. The molecular formula is C10H16O3. The molecule has 2 heterocycles. The summed E-state index contributed by atoms with van der Waals surface area (Å²) in [5.41, 5.74) is 0. The Morgan fingerprint density at radius 3 is 2.92 bits per heavy atom. The van der Waals surface area contributed by atoms with Crippen LogP contribution in [-0.2, 0) is 9.47 Å². The summed E-state index contributed by atoms with van der Waals surface area (Å²) in [5, 5.41) is 9.77. The molecule has 74 valence electrons. The molecule has 1 N–H and O–H groups in total. The third-order valence-electron chi connectivity index (χ3n) is 2.67. The van der Waals surface area contributed by atoms with Crippen molar-refractivity contribution in [1.29, 1.82) is 0 Å². The van der Waals surface area contributed by atoms with E-state index in [1.54, 1.807) is 6.08 Å². The van der Waals surface area contributed by atoms with Gasteiger partial charge in [-0.05, 0) is 19.8 Å². The lowest BCUT2D eigenvalue weighted by Crippen LogP contribution is -2.52. The first-order valence-electron chi connectivity index (χ1n) is 4.91. The second-order valence-corrected chi connectivity index (χ2v) is 3.77. The molecule has 2 aliphatic rings. The van der Waals surface area contributed by atoms with Crippen molar-refractivity contribution in [3.05, 3.63) is 12.2 Å². The molecule has 0 aromatic heterocycles. The smallest absolute Gasteiger partial charge is 0.198 e. The van der Waals surface area contributed by atoms with Gasteiger partial charge in [-0.3, -0.25) is 0 Å². The SMILES string of the molecule is C[C@@H]1C=C[C@@H](O)[C@]2(CCCCO2)O1. The largest absolute Gasteiger partial charge is 0.383 e. The molecular weight excluding hydrogens is 168 g/mol. The van der Waals surface area contributed by atoms with Crippen LogP contribution in [0.3, 0.4) is 0 Å². The van der Waals surface area contributed by atoms with Crippen LogP contribution in [0.4, 0.5) is 0 Å². The zero-order valence-corrected chi connectivity index (χ0v) is 7.90. The summed E-state index contributed by atoms with van der Waals surface area (Å²) in [7, 11) is 0. The Balaban J connectivity index is 2.15. The predicted molar refractivity (Wildman–Crippen MR) is 48.2 cm³/mol. The minimum absolute atomic E-state index is 0.0431. The topological polar surface area (TPSA) is 38.7 Å². The summed E-state index contributed by atoms with van der Waals surface area (Å²) >= 11 is 0. The van der Waals surface area contributed by atoms with Crippen LogP contribution in [0, 0.1) is 0 Å². The first-order chi connectivity index (χ1) is 6.23. The van der Waals surface area contributed by atoms with Gasteiger partial charge >= 0.3 is 0 Å². The maximum Gasteiger partial charge on any atom is 0.198 e. The lowest BCUT2D eigenvalue weighted by atomic mass is 9.97. The van der Waals surface area contributed by atoms with Crippen molar-refractivity contribution in [1.82, 2.24) is 0 Å². The number of rotatable bonds is 0. The zero-order chi connectivity index (χ0) is 9.31. The first kappa shape index (κ1) is 9.19. The van der Waals surface area contributed by atoms with Crippen molar-refractivity contribution in [3.8, 4) is 0 Å². The maximum atomic E-state index is 9.77. The quantitative estimate of drug-likeness (QED) is 0.575. The van der Waals surface area contributed by atoms with Gasteiger partial charge in [-0.15, -0.1) is 0 Å². The Labute approximate surface area is 78.3 Å². The predicted octanol–water partition coefficient (Wildman–Crippen LogP) is 1.22. The van der Waals surface area contributed by atoms with Gasteiger partial charge in [-0.2, -0.15) is 0 Å². The van der Waals surface area contributed by atoms with E-state index in [1.165, 1.54) is 0 Å². The van der Waals surface area contributed by atoms with Crippen LogP contribution in [0.25, 0.3) is 0 Å². The van der Waals surface area contributed by atoms with Crippen LogP contribution in [0.15, 0.2) is 12.2 Å². The van der Waals surface area contributed by atoms with Crippen molar-refractivity contribution in [2.45, 2.75) is 44.2 Å². The number of ether oxygens (including phenoxy) is 2. The molecule has 0 radical (unpaired) electrons. The molecule has 0 aliphatic carbocycles. The third-order valence-corrected chi connectivity index (χ3v) is 2.67. The second kappa shape index (κ2) is 3.40. The van der Waals surface area contributed by atoms with Gasteiger partial charge in [0.25, 0.3) is 0 Å². The minimum atomic E-state index is -0.744. The highest BCUT2D eigenvalue weighted by atomic mass is 16.7. The highest BCUT2D eigenvalue weighted by Crippen LogP contribution is 2.34. The molecule has 2 rings (SSSR count). The molecule has 0 saturated carbocycles. The van der Waals surface area contributed by atoms with Gasteiger partial charge < -0.3 is 14.6 Å². The molecule has 1 saturated heterocycles. The summed E-state index contributed by atoms with van der Waals surface area (Å²) in [4.78, 5) is 0. The van der Waals surface area contributed by atoms with Gasteiger partial charge in [0, 0.05) is 6.42 Å². The van der Waals surface area contributed by atoms with Gasteiger partial charge in [-0.25, -0.2) is 0 Å². The summed E-state index contributed by atoms with van der Waals surface area (Å²) in [6.07, 6.45) is 6.01. The van der Waals surface area contributed by atoms with Gasteiger partial charge in [0.15, 0.2) is 5.79 Å². The highest BCUT2D eigenvalue weighted by molar-refractivity contribution is 5.05. The van der Waals surface area contributed by atoms with Crippen molar-refractivity contribution in [3.63, 3.8) is 0 Å². The number of hydrogen-bond donors (Lipinski definition) is 1. The average molecular weight is 184 g/mol. The fourth-order valence-corrected chi connectivity index (χ4v) is 1.95. The average Bonchev–Trinajstić information content (AvgIpc) is 2.14. The van der Waals surface area contributed by atoms with Crippen molar-refractivity contribution in [2.24, 2.45) is 0 Å². The van der Waals surface area contributed by atoms with E-state index in [2.05, 4.69) is 0 Å². The van der Waals surface area contributed by atoms with Crippen molar-refractivity contribution < 1.29 is 14.6 Å². The van der Waals surface area contributed by atoms with Crippen LogP contribution in [0.5, 0.6) is 0 Å². The van der Waals surface area contributed by atoms with E-state index in [0.717, 1.165) is 19.3 Å². The number of hydrogen-bond acceptors (Lipinski definition) is 3. The molecule has 0 unspecified atom stereocenters. The standard InChI is InChI=1S/C10H16O3/c1-8-4-5-9(11)10(13-8)6-2-3-7-12-10/h4-5,8-9,11H,2-3,6-7H2,1H3/t8-,9-,10+/m1/s1. The van der Waals surface area contributed by atoms with Gasteiger partial charge in [-0.1, -0.05) is 12.2 Å². The van der Waals surface area contributed by atoms with Gasteiger partial charge in [0.05, 0.1) is 12.7 Å². The van der Waals surface area contributed by atoms with Gasteiger partial charge in [0.2, 0.25) is 0 Å². The van der Waals surface area contributed by atoms with Crippen LogP contribution in [0.1, 0.15) is 26.2 Å². The summed E-state index contributed by atoms with van der Waals surface area (Å²) < 4.78 is 11.2. The van der Waals surface area contributed by atoms with Crippen LogP contribution < -0.4 is 0 Å². The highest BCUT2D eigenvalue weighted by Gasteiger charge is 2.43. The lowest BCUT2D eigenvalue weighted by molar-refractivity contribution is -0.303. The normalized spacial score (nSPS) is 45.4. The monoisotopic (exact) mass is 184 g/mol. The van der Waals surface area contributed by atoms with E-state index in [0.29, 0.717) is 6.61 Å². The molecule has 0 aromatic rings. The summed E-state index contributed by atoms with van der Waals surface area (Å²) in [6, 6.07) is 0. The molecule has 0 amide bonds. The molecule has 3 atom stereocenters. The third kappa shape index (κ3) is 1.64. The molecule has 1 spiro atoms. The molecule has 2 aliphatic heterocycles. The molecule has 3 nitrogen and oxygen atoms in total. The second-order valence-electron chi connectivity index (χ2n) is 3.77. The number of aliphatic hydroxyl groups excluding tert-OH is 1. The first-order valence-corrected chi connectivity index (χ1v) is 4.91. The van der Waals surface area contributed by atoms with E-state index in [1.807, 2.05) is 13.0 Å². The van der Waals surface area contributed by atoms with E-state index >= 15 is 0 Å². The van der Waals surface area contributed by atoms with E-state index < -0.39 is 11.9 Å².